The molecule has 0 fully saturated rings. The highest BCUT2D eigenvalue weighted by atomic mass is 16.5. The van der Waals surface area contributed by atoms with Crippen molar-refractivity contribution in [3.05, 3.63) is 4.91 Å². The topological polar surface area (TPSA) is 91.0 Å². The van der Waals surface area contributed by atoms with Crippen LogP contribution in [0.4, 0.5) is 0 Å². The maximum atomic E-state index is 10.2. The molecule has 0 unspecified atom stereocenters. The van der Waals surface area contributed by atoms with Crippen LogP contribution in [0.3, 0.4) is 0 Å². The van der Waals surface area contributed by atoms with E-state index in [2.05, 4.69) is 5.18 Å². The van der Waals surface area contributed by atoms with Gasteiger partial charge in [0.25, 0.3) is 0 Å². The van der Waals surface area contributed by atoms with Gasteiger partial charge >= 0.3 is 5.91 Å². The molecule has 0 aromatic heterocycles. The van der Waals surface area contributed by atoms with Gasteiger partial charge in [0.05, 0.1) is 19.8 Å². The third-order valence-electron chi connectivity index (χ3n) is 0.962. The smallest absolute Gasteiger partial charge is 0.311 e. The number of hydrogen-bond donors (Lipinski definition) is 1. The van der Waals surface area contributed by atoms with Crippen LogP contribution in [0.5, 0.6) is 0 Å². The lowest BCUT2D eigenvalue weighted by atomic mass is 10.6. The summed E-state index contributed by atoms with van der Waals surface area (Å²) in [6.07, 6.45) is 0. The summed E-state index contributed by atoms with van der Waals surface area (Å²) in [7, 11) is 0. The fourth-order valence-electron chi connectivity index (χ4n) is 0.489. The van der Waals surface area contributed by atoms with Gasteiger partial charge in [-0.15, -0.1) is 4.91 Å². The third kappa shape index (κ3) is 7.26. The SMILES string of the molecule is NCCOCCOCC(=O)N=O. The Hall–Kier alpha value is -0.850. The fraction of sp³-hybridized carbons (Fsp3) is 0.833. The average Bonchev–Trinajstić information content (AvgIpc) is 2.10. The van der Waals surface area contributed by atoms with Crippen LogP contribution >= 0.6 is 0 Å². The predicted molar refractivity (Wildman–Crippen MR) is 41.5 cm³/mol. The van der Waals surface area contributed by atoms with Gasteiger partial charge < -0.3 is 15.2 Å². The molecule has 0 aromatic rings. The summed E-state index contributed by atoms with van der Waals surface area (Å²) < 4.78 is 9.65. The number of ether oxygens (including phenoxy) is 2. The lowest BCUT2D eigenvalue weighted by Gasteiger charge is -2.01. The quantitative estimate of drug-likeness (QED) is 0.408. The van der Waals surface area contributed by atoms with Crippen LogP contribution in [0.15, 0.2) is 5.18 Å². The van der Waals surface area contributed by atoms with E-state index in [4.69, 9.17) is 15.2 Å². The molecule has 0 heterocycles. The molecule has 70 valence electrons. The number of amides is 1. The molecule has 0 saturated carbocycles. The van der Waals surface area contributed by atoms with Gasteiger partial charge in [0, 0.05) is 11.7 Å². The first kappa shape index (κ1) is 11.2. The molecule has 0 spiro atoms. The summed E-state index contributed by atoms with van der Waals surface area (Å²) in [6, 6.07) is 0. The molecule has 0 aliphatic carbocycles. The van der Waals surface area contributed by atoms with E-state index < -0.39 is 5.91 Å². The maximum Gasteiger partial charge on any atom is 0.311 e. The zero-order valence-corrected chi connectivity index (χ0v) is 6.69. The molecule has 0 bridgehead atoms. The first-order chi connectivity index (χ1) is 5.81. The predicted octanol–water partition coefficient (Wildman–Crippen LogP) is -0.729. The Labute approximate surface area is 70.0 Å². The van der Waals surface area contributed by atoms with Gasteiger partial charge in [0.2, 0.25) is 0 Å². The summed E-state index contributed by atoms with van der Waals surface area (Å²) in [5.74, 6) is -0.811. The van der Waals surface area contributed by atoms with Gasteiger partial charge in [-0.05, 0) is 0 Å². The van der Waals surface area contributed by atoms with E-state index in [-0.39, 0.29) is 13.2 Å². The number of nitrogens with zero attached hydrogens (tertiary/aromatic N) is 1. The Morgan fingerprint density at radius 1 is 1.25 bits per heavy atom. The second-order valence-electron chi connectivity index (χ2n) is 1.94. The summed E-state index contributed by atoms with van der Waals surface area (Å²) in [6.45, 7) is 1.26. The van der Waals surface area contributed by atoms with Gasteiger partial charge in [0.1, 0.15) is 6.61 Å². The number of rotatable bonds is 7. The molecule has 0 aliphatic heterocycles. The summed E-state index contributed by atoms with van der Waals surface area (Å²) in [5, 5.41) is 2.15. The molecule has 0 saturated heterocycles. The largest absolute Gasteiger partial charge is 0.378 e. The minimum atomic E-state index is -0.811. The lowest BCUT2D eigenvalue weighted by molar-refractivity contribution is -0.122. The Kier molecular flexibility index (Phi) is 7.66. The molecular weight excluding hydrogens is 164 g/mol. The molecule has 6 nitrogen and oxygen atoms in total. The van der Waals surface area contributed by atoms with E-state index in [0.29, 0.717) is 19.8 Å². The lowest BCUT2D eigenvalue weighted by Crippen LogP contribution is -2.14. The minimum Gasteiger partial charge on any atom is -0.378 e. The number of carbonyl (C=O) groups excluding carboxylic acids is 1. The molecule has 6 heteroatoms. The van der Waals surface area contributed by atoms with Crippen molar-refractivity contribution in [1.82, 2.24) is 0 Å². The van der Waals surface area contributed by atoms with Crippen molar-refractivity contribution in [3.8, 4) is 0 Å². The van der Waals surface area contributed by atoms with Gasteiger partial charge in [-0.3, -0.25) is 4.79 Å². The number of hydrogen-bond acceptors (Lipinski definition) is 5. The zero-order chi connectivity index (χ0) is 9.23. The van der Waals surface area contributed by atoms with Crippen LogP contribution in [0, 0.1) is 4.91 Å². The van der Waals surface area contributed by atoms with Crippen molar-refractivity contribution in [2.24, 2.45) is 10.9 Å². The second-order valence-corrected chi connectivity index (χ2v) is 1.94. The van der Waals surface area contributed by atoms with E-state index >= 15 is 0 Å². The molecule has 12 heavy (non-hydrogen) atoms. The molecule has 0 aromatic carbocycles. The highest BCUT2D eigenvalue weighted by Crippen LogP contribution is 1.80. The van der Waals surface area contributed by atoms with E-state index in [1.807, 2.05) is 0 Å². The van der Waals surface area contributed by atoms with Crippen LogP contribution < -0.4 is 5.73 Å². The van der Waals surface area contributed by atoms with Crippen molar-refractivity contribution in [2.75, 3.05) is 33.0 Å². The average molecular weight is 176 g/mol. The molecule has 2 N–H and O–H groups in total. The van der Waals surface area contributed by atoms with Crippen LogP contribution in [-0.4, -0.2) is 38.9 Å². The Bertz CT molecular complexity index is 140. The summed E-state index contributed by atoms with van der Waals surface area (Å²) >= 11 is 0. The van der Waals surface area contributed by atoms with Crippen molar-refractivity contribution >= 4 is 5.91 Å². The number of nitrogens with two attached hydrogens (primary N) is 1. The first-order valence-corrected chi connectivity index (χ1v) is 3.53. The Balaban J connectivity index is 3.00. The summed E-state index contributed by atoms with van der Waals surface area (Å²) in [4.78, 5) is 19.8. The van der Waals surface area contributed by atoms with Crippen LogP contribution in [0.25, 0.3) is 0 Å². The zero-order valence-electron chi connectivity index (χ0n) is 6.69. The van der Waals surface area contributed by atoms with Crippen LogP contribution in [0.1, 0.15) is 0 Å². The maximum absolute atomic E-state index is 10.2. The van der Waals surface area contributed by atoms with E-state index in [1.54, 1.807) is 0 Å². The normalized spacial score (nSPS) is 9.75. The fourth-order valence-corrected chi connectivity index (χ4v) is 0.489. The third-order valence-corrected chi connectivity index (χ3v) is 0.962. The highest BCUT2D eigenvalue weighted by Gasteiger charge is 1.98. The van der Waals surface area contributed by atoms with Gasteiger partial charge in [-0.25, -0.2) is 0 Å². The van der Waals surface area contributed by atoms with Gasteiger partial charge in [0.15, 0.2) is 0 Å². The summed E-state index contributed by atoms with van der Waals surface area (Å²) in [5.41, 5.74) is 5.14. The highest BCUT2D eigenvalue weighted by molar-refractivity contribution is 5.77. The van der Waals surface area contributed by atoms with E-state index in [0.717, 1.165) is 0 Å². The van der Waals surface area contributed by atoms with Gasteiger partial charge in [-0.1, -0.05) is 0 Å². The van der Waals surface area contributed by atoms with Crippen molar-refractivity contribution in [3.63, 3.8) is 0 Å². The van der Waals surface area contributed by atoms with E-state index in [9.17, 15) is 9.70 Å². The van der Waals surface area contributed by atoms with Crippen molar-refractivity contribution in [1.29, 1.82) is 0 Å². The molecule has 0 aliphatic rings. The van der Waals surface area contributed by atoms with Crippen molar-refractivity contribution < 1.29 is 14.3 Å². The monoisotopic (exact) mass is 176 g/mol. The van der Waals surface area contributed by atoms with Crippen LogP contribution in [0.2, 0.25) is 0 Å². The van der Waals surface area contributed by atoms with E-state index in [1.165, 1.54) is 0 Å². The first-order valence-electron chi connectivity index (χ1n) is 3.53. The number of carbonyl (C=O) groups is 1. The second kappa shape index (κ2) is 8.25. The van der Waals surface area contributed by atoms with Crippen molar-refractivity contribution in [2.45, 2.75) is 0 Å². The standard InChI is InChI=1S/C6H12N2O4/c7-1-2-11-3-4-12-5-6(9)8-10/h1-5,7H2. The minimum absolute atomic E-state index is 0.265. The molecule has 0 radical (unpaired) electrons. The Morgan fingerprint density at radius 2 is 1.92 bits per heavy atom. The van der Waals surface area contributed by atoms with Crippen LogP contribution in [-0.2, 0) is 14.3 Å². The molecule has 1 amide bonds. The molecule has 0 atom stereocenters. The molecular formula is C6H12N2O4. The Morgan fingerprint density at radius 3 is 2.50 bits per heavy atom. The molecule has 0 rings (SSSR count). The van der Waals surface area contributed by atoms with Gasteiger partial charge in [-0.2, -0.15) is 0 Å². The number of nitroso groups, excluding NO2 is 1.